The minimum absolute atomic E-state index is 0.0287. The van der Waals surface area contributed by atoms with Crippen molar-refractivity contribution in [3.8, 4) is 0 Å². The number of amides is 1. The average molecular weight is 394 g/mol. The number of carbonyl (C=O) groups excluding carboxylic acids is 1. The lowest BCUT2D eigenvalue weighted by molar-refractivity contribution is -0.139. The molecule has 0 saturated carbocycles. The van der Waals surface area contributed by atoms with E-state index in [4.69, 9.17) is 0 Å². The second-order valence-corrected chi connectivity index (χ2v) is 9.53. The molecule has 1 aromatic carbocycles. The van der Waals surface area contributed by atoms with Crippen LogP contribution in [0.4, 0.5) is 0 Å². The van der Waals surface area contributed by atoms with Gasteiger partial charge in [-0.2, -0.15) is 4.31 Å². The van der Waals surface area contributed by atoms with Gasteiger partial charge < -0.3 is 4.90 Å². The first-order valence-corrected chi connectivity index (χ1v) is 11.5. The first kappa shape index (κ1) is 20.3. The number of sulfonamides is 1. The molecule has 0 radical (unpaired) electrons. The zero-order chi connectivity index (χ0) is 19.4. The van der Waals surface area contributed by atoms with Crippen LogP contribution in [0.3, 0.4) is 0 Å². The molecule has 150 valence electrons. The third-order valence-corrected chi connectivity index (χ3v) is 7.53. The summed E-state index contributed by atoms with van der Waals surface area (Å²) in [5.41, 5.74) is 1.04. The van der Waals surface area contributed by atoms with Crippen LogP contribution in [-0.2, 0) is 14.8 Å². The number of piperazine rings is 1. The van der Waals surface area contributed by atoms with E-state index in [9.17, 15) is 13.2 Å². The quantitative estimate of drug-likeness (QED) is 0.769. The van der Waals surface area contributed by atoms with Crippen LogP contribution in [0.1, 0.15) is 38.2 Å². The molecular formula is C20H31N3O3S. The van der Waals surface area contributed by atoms with Crippen LogP contribution in [0.25, 0.3) is 0 Å². The van der Waals surface area contributed by atoms with Gasteiger partial charge >= 0.3 is 0 Å². The van der Waals surface area contributed by atoms with E-state index in [-0.39, 0.29) is 11.9 Å². The number of rotatable bonds is 5. The third kappa shape index (κ3) is 4.52. The minimum Gasteiger partial charge on any atom is -0.339 e. The zero-order valence-electron chi connectivity index (χ0n) is 16.4. The van der Waals surface area contributed by atoms with Crippen molar-refractivity contribution in [3.63, 3.8) is 0 Å². The van der Waals surface area contributed by atoms with Crippen molar-refractivity contribution in [2.24, 2.45) is 0 Å². The predicted octanol–water partition coefficient (Wildman–Crippen LogP) is 2.09. The van der Waals surface area contributed by atoms with E-state index in [0.29, 0.717) is 31.1 Å². The van der Waals surface area contributed by atoms with Gasteiger partial charge in [-0.15, -0.1) is 0 Å². The highest BCUT2D eigenvalue weighted by molar-refractivity contribution is 7.89. The molecule has 0 aliphatic carbocycles. The highest BCUT2D eigenvalue weighted by Crippen LogP contribution is 2.22. The maximum atomic E-state index is 13.0. The number of nitrogens with zero attached hydrogens (tertiary/aromatic N) is 3. The summed E-state index contributed by atoms with van der Waals surface area (Å²) in [6.07, 6.45) is 4.22. The van der Waals surface area contributed by atoms with Crippen molar-refractivity contribution in [1.82, 2.24) is 14.1 Å². The molecule has 6 nitrogen and oxygen atoms in total. The topological polar surface area (TPSA) is 60.9 Å². The monoisotopic (exact) mass is 393 g/mol. The maximum Gasteiger partial charge on any atom is 0.243 e. The normalized spacial score (nSPS) is 22.7. The van der Waals surface area contributed by atoms with E-state index >= 15 is 0 Å². The van der Waals surface area contributed by atoms with Crippen molar-refractivity contribution in [2.45, 2.75) is 50.5 Å². The van der Waals surface area contributed by atoms with Gasteiger partial charge in [0.05, 0.1) is 10.9 Å². The molecule has 1 aromatic rings. The van der Waals surface area contributed by atoms with E-state index < -0.39 is 10.0 Å². The molecule has 1 atom stereocenters. The van der Waals surface area contributed by atoms with Crippen molar-refractivity contribution in [3.05, 3.63) is 29.8 Å². The summed E-state index contributed by atoms with van der Waals surface area (Å²) < 4.78 is 27.2. The van der Waals surface area contributed by atoms with E-state index in [1.165, 1.54) is 4.31 Å². The van der Waals surface area contributed by atoms with Gasteiger partial charge in [0, 0.05) is 26.2 Å². The largest absolute Gasteiger partial charge is 0.339 e. The van der Waals surface area contributed by atoms with Gasteiger partial charge in [0.15, 0.2) is 0 Å². The van der Waals surface area contributed by atoms with Crippen molar-refractivity contribution < 1.29 is 13.2 Å². The molecular weight excluding hydrogens is 362 g/mol. The van der Waals surface area contributed by atoms with Crippen LogP contribution < -0.4 is 0 Å². The van der Waals surface area contributed by atoms with Crippen molar-refractivity contribution in [2.75, 3.05) is 39.3 Å². The molecule has 2 aliphatic rings. The Labute approximate surface area is 163 Å². The molecule has 0 bridgehead atoms. The zero-order valence-corrected chi connectivity index (χ0v) is 17.2. The molecule has 0 aromatic heterocycles. The van der Waals surface area contributed by atoms with Gasteiger partial charge in [-0.05, 0) is 51.4 Å². The van der Waals surface area contributed by atoms with Crippen LogP contribution in [0, 0.1) is 6.92 Å². The molecule has 0 N–H and O–H groups in total. The van der Waals surface area contributed by atoms with Crippen LogP contribution in [-0.4, -0.2) is 73.7 Å². The number of hydrogen-bond acceptors (Lipinski definition) is 4. The average Bonchev–Trinajstić information content (AvgIpc) is 2.68. The van der Waals surface area contributed by atoms with E-state index in [1.54, 1.807) is 12.1 Å². The number of carbonyl (C=O) groups is 1. The number of aryl methyl sites for hydroxylation is 1. The Morgan fingerprint density at radius 3 is 2.33 bits per heavy atom. The van der Waals surface area contributed by atoms with Crippen LogP contribution in [0.2, 0.25) is 0 Å². The molecule has 2 heterocycles. The van der Waals surface area contributed by atoms with Crippen LogP contribution >= 0.6 is 0 Å². The lowest BCUT2D eigenvalue weighted by Crippen LogP contribution is -2.56. The van der Waals surface area contributed by atoms with E-state index in [0.717, 1.165) is 44.3 Å². The molecule has 1 amide bonds. The smallest absolute Gasteiger partial charge is 0.243 e. The Hall–Kier alpha value is -1.44. The van der Waals surface area contributed by atoms with Gasteiger partial charge in [0.1, 0.15) is 0 Å². The summed E-state index contributed by atoms with van der Waals surface area (Å²) in [5.74, 6) is 0.176. The van der Waals surface area contributed by atoms with Crippen molar-refractivity contribution in [1.29, 1.82) is 0 Å². The van der Waals surface area contributed by atoms with Crippen molar-refractivity contribution >= 4 is 15.9 Å². The lowest BCUT2D eigenvalue weighted by Gasteiger charge is -2.40. The molecule has 2 saturated heterocycles. The number of hydrogen-bond donors (Lipinski definition) is 0. The first-order valence-electron chi connectivity index (χ1n) is 10.0. The highest BCUT2D eigenvalue weighted by atomic mass is 32.2. The Morgan fingerprint density at radius 2 is 1.70 bits per heavy atom. The fourth-order valence-corrected chi connectivity index (χ4v) is 5.47. The van der Waals surface area contributed by atoms with Gasteiger partial charge in [0.2, 0.25) is 15.9 Å². The molecule has 3 rings (SSSR count). The number of likely N-dealkylation sites (tertiary alicyclic amines) is 1. The summed E-state index contributed by atoms with van der Waals surface area (Å²) in [4.78, 5) is 17.5. The number of piperidine rings is 1. The third-order valence-electron chi connectivity index (χ3n) is 5.62. The second kappa shape index (κ2) is 8.71. The molecule has 7 heteroatoms. The summed E-state index contributed by atoms with van der Waals surface area (Å²) >= 11 is 0. The fourth-order valence-electron chi connectivity index (χ4n) is 4.04. The molecule has 2 fully saturated rings. The number of benzene rings is 1. The summed E-state index contributed by atoms with van der Waals surface area (Å²) in [6, 6.07) is 6.93. The Bertz CT molecular complexity index is 738. The molecule has 0 spiro atoms. The van der Waals surface area contributed by atoms with Crippen LogP contribution in [0.15, 0.2) is 29.2 Å². The molecule has 1 unspecified atom stereocenters. The lowest BCUT2D eigenvalue weighted by atomic mass is 10.0. The van der Waals surface area contributed by atoms with Gasteiger partial charge in [-0.25, -0.2) is 8.42 Å². The molecule has 27 heavy (non-hydrogen) atoms. The predicted molar refractivity (Wildman–Crippen MR) is 106 cm³/mol. The molecule has 2 aliphatic heterocycles. The van der Waals surface area contributed by atoms with Gasteiger partial charge in [-0.1, -0.05) is 31.0 Å². The first-order chi connectivity index (χ1) is 12.9. The van der Waals surface area contributed by atoms with E-state index in [2.05, 4.69) is 11.8 Å². The maximum absolute atomic E-state index is 13.0. The SMILES string of the molecule is CCCN1CCCCC1C(=O)N1CCN(S(=O)(=O)c2ccc(C)cc2)CC1. The fraction of sp³-hybridized carbons (Fsp3) is 0.650. The minimum atomic E-state index is -3.49. The van der Waals surface area contributed by atoms with Gasteiger partial charge in [0.25, 0.3) is 0 Å². The summed E-state index contributed by atoms with van der Waals surface area (Å²) in [7, 11) is -3.49. The second-order valence-electron chi connectivity index (χ2n) is 7.59. The summed E-state index contributed by atoms with van der Waals surface area (Å²) in [6.45, 7) is 7.70. The Morgan fingerprint density at radius 1 is 1.04 bits per heavy atom. The standard InChI is InChI=1S/C20H31N3O3S/c1-3-11-21-12-5-4-6-19(21)20(24)22-13-15-23(16-14-22)27(25,26)18-9-7-17(2)8-10-18/h7-10,19H,3-6,11-16H2,1-2H3. The van der Waals surface area contributed by atoms with E-state index in [1.807, 2.05) is 24.0 Å². The van der Waals surface area contributed by atoms with Gasteiger partial charge in [-0.3, -0.25) is 9.69 Å². The Kier molecular flexibility index (Phi) is 6.55. The van der Waals surface area contributed by atoms with Crippen LogP contribution in [0.5, 0.6) is 0 Å². The summed E-state index contributed by atoms with van der Waals surface area (Å²) in [5, 5.41) is 0. The Balaban J connectivity index is 1.62. The highest BCUT2D eigenvalue weighted by Gasteiger charge is 2.35.